The van der Waals surface area contributed by atoms with Crippen molar-refractivity contribution in [2.45, 2.75) is 0 Å². The predicted octanol–water partition coefficient (Wildman–Crippen LogP) is 17.5. The van der Waals surface area contributed by atoms with Gasteiger partial charge in [0.05, 0.1) is 22.4 Å². The summed E-state index contributed by atoms with van der Waals surface area (Å²) in [6, 6.07) is 84.3. The Morgan fingerprint density at radius 3 is 1.23 bits per heavy atom. The topological polar surface area (TPSA) is 25.8 Å². The van der Waals surface area contributed by atoms with E-state index in [1.165, 1.54) is 75.6 Å². The highest BCUT2D eigenvalue weighted by Crippen LogP contribution is 2.44. The maximum Gasteiger partial charge on any atom is 0.0794 e. The van der Waals surface area contributed by atoms with Crippen LogP contribution in [0.5, 0.6) is 0 Å². The second kappa shape index (κ2) is 14.4. The molecule has 0 unspecified atom stereocenters. The van der Waals surface area contributed by atoms with Gasteiger partial charge in [0.1, 0.15) is 0 Å². The Balaban J connectivity index is 1.03. The summed E-state index contributed by atoms with van der Waals surface area (Å²) < 4.78 is 0. The van der Waals surface area contributed by atoms with Crippen LogP contribution in [0.25, 0.3) is 142 Å². The molecule has 0 fully saturated rings. The minimum Gasteiger partial charge on any atom is -0.248 e. The van der Waals surface area contributed by atoms with Gasteiger partial charge < -0.3 is 0 Å². The molecular formula is C64H38N2. The van der Waals surface area contributed by atoms with Gasteiger partial charge in [0.15, 0.2) is 0 Å². The molecule has 2 heteroatoms. The van der Waals surface area contributed by atoms with Crippen LogP contribution in [-0.4, -0.2) is 9.97 Å². The fourth-order valence-corrected chi connectivity index (χ4v) is 10.9. The van der Waals surface area contributed by atoms with Gasteiger partial charge in [-0.1, -0.05) is 194 Å². The summed E-state index contributed by atoms with van der Waals surface area (Å²) in [6.45, 7) is 0. The zero-order chi connectivity index (χ0) is 43.3. The molecule has 0 bridgehead atoms. The van der Waals surface area contributed by atoms with E-state index >= 15 is 0 Å². The fraction of sp³-hybridized carbons (Fsp3) is 0. The Bertz CT molecular complexity index is 4270. The minimum absolute atomic E-state index is 0.949. The number of hydrogen-bond acceptors (Lipinski definition) is 2. The van der Waals surface area contributed by atoms with Crippen molar-refractivity contribution in [3.05, 3.63) is 231 Å². The minimum atomic E-state index is 0.949. The van der Waals surface area contributed by atoms with Gasteiger partial charge in [0, 0.05) is 27.3 Å². The molecule has 66 heavy (non-hydrogen) atoms. The SMILES string of the molecule is c1ccc2nc(-c3ccc(-c4cc5c(-c6ccc7c8ccccc8c8ccccc8c7c6)cc(-c6ccc7c8ccccc8c8ccccc8c7c6)nc5c5ccccc45)cc3)ccc2c1. The Kier molecular flexibility index (Phi) is 8.02. The third-order valence-corrected chi connectivity index (χ3v) is 14.0. The first-order chi connectivity index (χ1) is 32.7. The first-order valence-corrected chi connectivity index (χ1v) is 22.7. The van der Waals surface area contributed by atoms with E-state index < -0.39 is 0 Å². The highest BCUT2D eigenvalue weighted by Gasteiger charge is 2.19. The zero-order valence-electron chi connectivity index (χ0n) is 35.8. The molecule has 2 nitrogen and oxygen atoms in total. The van der Waals surface area contributed by atoms with E-state index in [0.717, 1.165) is 66.4 Å². The number of hydrogen-bond donors (Lipinski definition) is 0. The van der Waals surface area contributed by atoms with Crippen LogP contribution in [0, 0.1) is 0 Å². The van der Waals surface area contributed by atoms with E-state index in [2.05, 4.69) is 224 Å². The molecular weight excluding hydrogens is 797 g/mol. The normalized spacial score (nSPS) is 11.9. The van der Waals surface area contributed by atoms with Gasteiger partial charge in [-0.3, -0.25) is 0 Å². The molecule has 14 rings (SSSR count). The number of aromatic nitrogens is 2. The van der Waals surface area contributed by atoms with Crippen LogP contribution in [0.2, 0.25) is 0 Å². The van der Waals surface area contributed by atoms with Crippen molar-refractivity contribution in [3.63, 3.8) is 0 Å². The van der Waals surface area contributed by atoms with Gasteiger partial charge in [-0.05, 0) is 129 Å². The molecule has 2 aromatic heterocycles. The van der Waals surface area contributed by atoms with Crippen molar-refractivity contribution in [2.24, 2.45) is 0 Å². The average molecular weight is 835 g/mol. The van der Waals surface area contributed by atoms with Gasteiger partial charge in [-0.15, -0.1) is 0 Å². The molecule has 0 N–H and O–H groups in total. The molecule has 304 valence electrons. The van der Waals surface area contributed by atoms with Crippen LogP contribution < -0.4 is 0 Å². The number of fused-ring (bicyclic) bond motifs is 16. The molecule has 12 aromatic carbocycles. The summed E-state index contributed by atoms with van der Waals surface area (Å²) in [7, 11) is 0. The summed E-state index contributed by atoms with van der Waals surface area (Å²) in [4.78, 5) is 10.7. The lowest BCUT2D eigenvalue weighted by Crippen LogP contribution is -1.94. The van der Waals surface area contributed by atoms with Gasteiger partial charge in [-0.2, -0.15) is 0 Å². The van der Waals surface area contributed by atoms with Crippen LogP contribution >= 0.6 is 0 Å². The lowest BCUT2D eigenvalue weighted by Gasteiger charge is -2.17. The molecule has 0 aliphatic rings. The standard InChI is InChI=1S/C64H38N2/c1-12-24-61-40(13-1)31-34-62(65-61)41-27-25-39(26-28-41)56-37-60-57(42-29-32-53-48-18-4-2-14-44(48)46-16-6-8-20-50(46)58(53)35-42)38-63(66-64(60)55-23-11-10-22-52(55)56)43-30-33-54-49-19-5-3-15-45(49)47-17-7-9-21-51(47)59(54)36-43/h1-38H. The average Bonchev–Trinajstić information content (AvgIpc) is 3.40. The third kappa shape index (κ3) is 5.62. The van der Waals surface area contributed by atoms with E-state index in [4.69, 9.17) is 9.97 Å². The lowest BCUT2D eigenvalue weighted by atomic mass is 9.88. The summed E-state index contributed by atoms with van der Waals surface area (Å²) in [5.41, 5.74) is 10.7. The lowest BCUT2D eigenvalue weighted by molar-refractivity contribution is 1.40. The maximum absolute atomic E-state index is 5.67. The molecule has 0 saturated heterocycles. The molecule has 0 amide bonds. The first-order valence-electron chi connectivity index (χ1n) is 22.7. The summed E-state index contributed by atoms with van der Waals surface area (Å²) in [5.74, 6) is 0. The van der Waals surface area contributed by atoms with Crippen molar-refractivity contribution < 1.29 is 0 Å². The van der Waals surface area contributed by atoms with E-state index in [-0.39, 0.29) is 0 Å². The van der Waals surface area contributed by atoms with Crippen LogP contribution in [0.15, 0.2) is 231 Å². The Morgan fingerprint density at radius 2 is 0.636 bits per heavy atom. The molecule has 0 spiro atoms. The number of benzene rings is 12. The van der Waals surface area contributed by atoms with Gasteiger partial charge in [0.25, 0.3) is 0 Å². The largest absolute Gasteiger partial charge is 0.248 e. The summed E-state index contributed by atoms with van der Waals surface area (Å²) in [5, 5.41) is 19.7. The van der Waals surface area contributed by atoms with Gasteiger partial charge >= 0.3 is 0 Å². The molecule has 0 saturated carbocycles. The molecule has 0 aliphatic carbocycles. The first kappa shape index (κ1) is 36.7. The summed E-state index contributed by atoms with van der Waals surface area (Å²) in [6.07, 6.45) is 0. The maximum atomic E-state index is 5.67. The Labute approximate surface area is 380 Å². The van der Waals surface area contributed by atoms with Crippen LogP contribution in [0.3, 0.4) is 0 Å². The Hall–Kier alpha value is -8.72. The zero-order valence-corrected chi connectivity index (χ0v) is 35.8. The number of rotatable bonds is 4. The smallest absolute Gasteiger partial charge is 0.0794 e. The molecule has 0 aliphatic heterocycles. The number of para-hydroxylation sites is 1. The highest BCUT2D eigenvalue weighted by atomic mass is 14.7. The van der Waals surface area contributed by atoms with E-state index in [1.807, 2.05) is 6.07 Å². The fourth-order valence-electron chi connectivity index (χ4n) is 10.9. The number of nitrogens with zero attached hydrogens (tertiary/aromatic N) is 2. The van der Waals surface area contributed by atoms with Crippen molar-refractivity contribution >= 4 is 97.2 Å². The summed E-state index contributed by atoms with van der Waals surface area (Å²) >= 11 is 0. The monoisotopic (exact) mass is 834 g/mol. The highest BCUT2D eigenvalue weighted by molar-refractivity contribution is 6.27. The number of pyridine rings is 2. The quantitative estimate of drug-likeness (QED) is 0.165. The molecule has 0 radical (unpaired) electrons. The predicted molar refractivity (Wildman–Crippen MR) is 281 cm³/mol. The van der Waals surface area contributed by atoms with Crippen molar-refractivity contribution in [3.8, 4) is 44.8 Å². The van der Waals surface area contributed by atoms with Crippen LogP contribution in [-0.2, 0) is 0 Å². The Morgan fingerprint density at radius 1 is 0.212 bits per heavy atom. The molecule has 2 heterocycles. The van der Waals surface area contributed by atoms with Crippen LogP contribution in [0.4, 0.5) is 0 Å². The second-order valence-electron chi connectivity index (χ2n) is 17.6. The van der Waals surface area contributed by atoms with Gasteiger partial charge in [0.2, 0.25) is 0 Å². The van der Waals surface area contributed by atoms with Crippen molar-refractivity contribution in [1.82, 2.24) is 9.97 Å². The molecule has 0 atom stereocenters. The molecule has 14 aromatic rings. The van der Waals surface area contributed by atoms with E-state index in [0.29, 0.717) is 0 Å². The third-order valence-electron chi connectivity index (χ3n) is 14.0. The van der Waals surface area contributed by atoms with E-state index in [1.54, 1.807) is 0 Å². The van der Waals surface area contributed by atoms with Crippen molar-refractivity contribution in [2.75, 3.05) is 0 Å². The van der Waals surface area contributed by atoms with E-state index in [9.17, 15) is 0 Å². The van der Waals surface area contributed by atoms with Gasteiger partial charge in [-0.25, -0.2) is 9.97 Å². The van der Waals surface area contributed by atoms with Crippen molar-refractivity contribution in [1.29, 1.82) is 0 Å². The second-order valence-corrected chi connectivity index (χ2v) is 17.6. The van der Waals surface area contributed by atoms with Crippen LogP contribution in [0.1, 0.15) is 0 Å².